The van der Waals surface area contributed by atoms with E-state index in [4.69, 9.17) is 4.42 Å². The zero-order valence-electron chi connectivity index (χ0n) is 13.7. The lowest BCUT2D eigenvalue weighted by molar-refractivity contribution is 0.412. The lowest BCUT2D eigenvalue weighted by atomic mass is 10.1. The van der Waals surface area contributed by atoms with Crippen LogP contribution in [0.3, 0.4) is 0 Å². The molecule has 0 saturated heterocycles. The Kier molecular flexibility index (Phi) is 4.78. The van der Waals surface area contributed by atoms with Gasteiger partial charge in [0.25, 0.3) is 0 Å². The highest BCUT2D eigenvalue weighted by atomic mass is 16.4. The van der Waals surface area contributed by atoms with E-state index < -0.39 is 0 Å². The molecule has 0 aliphatic rings. The second-order valence-corrected chi connectivity index (χ2v) is 6.60. The lowest BCUT2D eigenvalue weighted by Crippen LogP contribution is -2.36. The first-order valence-corrected chi connectivity index (χ1v) is 7.50. The van der Waals surface area contributed by atoms with Crippen LogP contribution < -0.4 is 5.32 Å². The molecular formula is C17H25N3O. The molecule has 1 aromatic carbocycles. The van der Waals surface area contributed by atoms with Gasteiger partial charge >= 0.3 is 0 Å². The van der Waals surface area contributed by atoms with Gasteiger partial charge in [0.15, 0.2) is 0 Å². The molecular weight excluding hydrogens is 262 g/mol. The molecule has 0 radical (unpaired) electrons. The van der Waals surface area contributed by atoms with Crippen LogP contribution in [0, 0.1) is 13.8 Å². The summed E-state index contributed by atoms with van der Waals surface area (Å²) in [4.78, 5) is 0. The summed E-state index contributed by atoms with van der Waals surface area (Å²) in [6.07, 6.45) is 1.80. The van der Waals surface area contributed by atoms with Gasteiger partial charge in [0.2, 0.25) is 11.8 Å². The molecule has 4 heteroatoms. The smallest absolute Gasteiger partial charge is 0.247 e. The van der Waals surface area contributed by atoms with Crippen molar-refractivity contribution in [1.82, 2.24) is 15.5 Å². The van der Waals surface area contributed by atoms with E-state index >= 15 is 0 Å². The van der Waals surface area contributed by atoms with Crippen molar-refractivity contribution >= 4 is 0 Å². The minimum absolute atomic E-state index is 0.152. The molecule has 4 nitrogen and oxygen atoms in total. The molecule has 0 aliphatic carbocycles. The maximum absolute atomic E-state index is 5.77. The zero-order chi connectivity index (χ0) is 15.5. The molecule has 0 bridgehead atoms. The van der Waals surface area contributed by atoms with Crippen LogP contribution in [0.15, 0.2) is 22.6 Å². The lowest BCUT2D eigenvalue weighted by Gasteiger charge is -2.19. The average Bonchev–Trinajstić information content (AvgIpc) is 2.82. The number of aryl methyl sites for hydroxylation is 3. The highest BCUT2D eigenvalue weighted by molar-refractivity contribution is 5.58. The maximum atomic E-state index is 5.77. The van der Waals surface area contributed by atoms with E-state index in [1.54, 1.807) is 0 Å². The second kappa shape index (κ2) is 6.39. The van der Waals surface area contributed by atoms with Crippen LogP contribution in [-0.4, -0.2) is 22.3 Å². The first kappa shape index (κ1) is 15.7. The Bertz CT molecular complexity index is 596. The van der Waals surface area contributed by atoms with E-state index in [1.807, 2.05) is 6.07 Å². The molecule has 1 heterocycles. The van der Waals surface area contributed by atoms with Gasteiger partial charge in [-0.15, -0.1) is 10.2 Å². The molecule has 1 N–H and O–H groups in total. The highest BCUT2D eigenvalue weighted by Crippen LogP contribution is 2.23. The van der Waals surface area contributed by atoms with Crippen molar-refractivity contribution < 1.29 is 4.42 Å². The molecule has 0 saturated carbocycles. The molecule has 21 heavy (non-hydrogen) atoms. The third kappa shape index (κ3) is 4.67. The Hall–Kier alpha value is -1.68. The molecule has 0 spiro atoms. The van der Waals surface area contributed by atoms with Gasteiger partial charge in [-0.25, -0.2) is 0 Å². The minimum atomic E-state index is 0.152. The highest BCUT2D eigenvalue weighted by Gasteiger charge is 2.12. The average molecular weight is 287 g/mol. The van der Waals surface area contributed by atoms with Crippen molar-refractivity contribution in [2.24, 2.45) is 0 Å². The van der Waals surface area contributed by atoms with Gasteiger partial charge in [0.05, 0.1) is 0 Å². The maximum Gasteiger partial charge on any atom is 0.247 e. The quantitative estimate of drug-likeness (QED) is 0.852. The van der Waals surface area contributed by atoms with Crippen LogP contribution in [0.4, 0.5) is 0 Å². The third-order valence-electron chi connectivity index (χ3n) is 3.30. The van der Waals surface area contributed by atoms with E-state index in [0.29, 0.717) is 11.8 Å². The van der Waals surface area contributed by atoms with Crippen LogP contribution in [0.25, 0.3) is 11.5 Å². The Morgan fingerprint density at radius 2 is 1.90 bits per heavy atom. The molecule has 114 valence electrons. The van der Waals surface area contributed by atoms with Gasteiger partial charge in [-0.1, -0.05) is 17.7 Å². The second-order valence-electron chi connectivity index (χ2n) is 6.60. The van der Waals surface area contributed by atoms with E-state index in [1.165, 1.54) is 11.1 Å². The molecule has 0 unspecified atom stereocenters. The van der Waals surface area contributed by atoms with E-state index in [2.05, 4.69) is 62.3 Å². The number of aromatic nitrogens is 2. The largest absolute Gasteiger partial charge is 0.421 e. The summed E-state index contributed by atoms with van der Waals surface area (Å²) in [7, 11) is 0. The van der Waals surface area contributed by atoms with Gasteiger partial charge in [0, 0.05) is 17.5 Å². The van der Waals surface area contributed by atoms with E-state index in [0.717, 1.165) is 24.9 Å². The van der Waals surface area contributed by atoms with Crippen molar-refractivity contribution in [2.75, 3.05) is 6.54 Å². The standard InChI is InChI=1S/C17H25N3O/c1-12-8-9-14(13(2)11-12)16-20-19-15(21-16)7-6-10-18-17(3,4)5/h8-9,11,18H,6-7,10H2,1-5H3. The Morgan fingerprint density at radius 3 is 2.57 bits per heavy atom. The summed E-state index contributed by atoms with van der Waals surface area (Å²) in [5.74, 6) is 1.33. The van der Waals surface area contributed by atoms with Gasteiger partial charge in [-0.3, -0.25) is 0 Å². The summed E-state index contributed by atoms with van der Waals surface area (Å²) in [5, 5.41) is 11.8. The fraction of sp³-hybridized carbons (Fsp3) is 0.529. The molecule has 2 aromatic rings. The Morgan fingerprint density at radius 1 is 1.14 bits per heavy atom. The molecule has 1 aromatic heterocycles. The monoisotopic (exact) mass is 287 g/mol. The number of benzene rings is 1. The van der Waals surface area contributed by atoms with Crippen molar-refractivity contribution in [2.45, 2.75) is 53.0 Å². The number of nitrogens with zero attached hydrogens (tertiary/aromatic N) is 2. The summed E-state index contributed by atoms with van der Waals surface area (Å²) < 4.78 is 5.77. The number of hydrogen-bond acceptors (Lipinski definition) is 4. The summed E-state index contributed by atoms with van der Waals surface area (Å²) in [6, 6.07) is 6.25. The molecule has 0 aliphatic heterocycles. The minimum Gasteiger partial charge on any atom is -0.421 e. The third-order valence-corrected chi connectivity index (χ3v) is 3.30. The van der Waals surface area contributed by atoms with Gasteiger partial charge in [0.1, 0.15) is 0 Å². The molecule has 0 fully saturated rings. The normalized spacial score (nSPS) is 11.9. The zero-order valence-corrected chi connectivity index (χ0v) is 13.7. The van der Waals surface area contributed by atoms with Crippen LogP contribution in [0.1, 0.15) is 44.2 Å². The van der Waals surface area contributed by atoms with Crippen LogP contribution in [-0.2, 0) is 6.42 Å². The van der Waals surface area contributed by atoms with Crippen molar-refractivity contribution in [3.05, 3.63) is 35.2 Å². The first-order valence-electron chi connectivity index (χ1n) is 7.50. The van der Waals surface area contributed by atoms with E-state index in [9.17, 15) is 0 Å². The van der Waals surface area contributed by atoms with Gasteiger partial charge in [-0.05, 0) is 59.2 Å². The van der Waals surface area contributed by atoms with Crippen LogP contribution >= 0.6 is 0 Å². The topological polar surface area (TPSA) is 51.0 Å². The van der Waals surface area contributed by atoms with Crippen LogP contribution in [0.5, 0.6) is 0 Å². The predicted octanol–water partition coefficient (Wildman–Crippen LogP) is 3.67. The van der Waals surface area contributed by atoms with Crippen molar-refractivity contribution in [3.8, 4) is 11.5 Å². The molecule has 0 amide bonds. The fourth-order valence-corrected chi connectivity index (χ4v) is 2.22. The molecule has 0 atom stereocenters. The van der Waals surface area contributed by atoms with E-state index in [-0.39, 0.29) is 5.54 Å². The molecule has 2 rings (SSSR count). The number of rotatable bonds is 5. The van der Waals surface area contributed by atoms with Gasteiger partial charge in [-0.2, -0.15) is 0 Å². The summed E-state index contributed by atoms with van der Waals surface area (Å²) in [5.41, 5.74) is 3.58. The predicted molar refractivity (Wildman–Crippen MR) is 85.3 cm³/mol. The summed E-state index contributed by atoms with van der Waals surface area (Å²) in [6.45, 7) is 11.6. The Labute approximate surface area is 127 Å². The first-order chi connectivity index (χ1) is 9.85. The summed E-state index contributed by atoms with van der Waals surface area (Å²) >= 11 is 0. The van der Waals surface area contributed by atoms with Crippen molar-refractivity contribution in [1.29, 1.82) is 0 Å². The van der Waals surface area contributed by atoms with Crippen molar-refractivity contribution in [3.63, 3.8) is 0 Å². The van der Waals surface area contributed by atoms with Gasteiger partial charge < -0.3 is 9.73 Å². The van der Waals surface area contributed by atoms with Crippen LogP contribution in [0.2, 0.25) is 0 Å². The SMILES string of the molecule is Cc1ccc(-c2nnc(CCCNC(C)(C)C)o2)c(C)c1. The number of nitrogens with one attached hydrogen (secondary N) is 1. The Balaban J connectivity index is 1.95. The number of hydrogen-bond donors (Lipinski definition) is 1. The fourth-order valence-electron chi connectivity index (χ4n) is 2.22.